The van der Waals surface area contributed by atoms with Crippen LogP contribution < -0.4 is 49.8 Å². The first-order valence-electron chi connectivity index (χ1n) is 14.4. The standard InChI is InChI=1S/C28H34N14O2.CH2O2/c29-17-4-5-19(20(12-17)23(30)40-41-33)27(44)35-9-2-1-8-34-26(43)16-3-6-21-15(11-16)7-10-42(21)14-18-13-36-25-22(37-18)24(31)38-28(32)39-25;2-1-3/h3-6,11-13,41H,1-2,7-10,14,29,33H2,(H2,30,40)(H,34,43)(H,35,44)(H4,31,32,36,38,39);1H,(H,2,3). The molecular formula is C29H36N14O4. The van der Waals surface area contributed by atoms with Crippen LogP contribution in [0.2, 0.25) is 0 Å². The normalized spacial score (nSPS) is 12.1. The maximum atomic E-state index is 12.8. The smallest absolute Gasteiger partial charge is 0.290 e. The van der Waals surface area contributed by atoms with Crippen molar-refractivity contribution in [3.63, 3.8) is 0 Å². The van der Waals surface area contributed by atoms with E-state index in [1.54, 1.807) is 24.4 Å². The molecular weight excluding hydrogens is 608 g/mol. The number of amidine groups is 1. The minimum atomic E-state index is -0.317. The summed E-state index contributed by atoms with van der Waals surface area (Å²) in [7, 11) is 0. The molecule has 246 valence electrons. The number of anilines is 4. The van der Waals surface area contributed by atoms with Crippen LogP contribution in [0.3, 0.4) is 0 Å². The van der Waals surface area contributed by atoms with Crippen LogP contribution in [-0.4, -0.2) is 68.8 Å². The third-order valence-corrected chi connectivity index (χ3v) is 7.11. The summed E-state index contributed by atoms with van der Waals surface area (Å²) in [4.78, 5) is 53.0. The summed E-state index contributed by atoms with van der Waals surface area (Å²) in [6, 6.07) is 10.4. The lowest BCUT2D eigenvalue weighted by atomic mass is 10.0. The molecule has 0 fully saturated rings. The number of hydrogen-bond donors (Lipinski definition) is 9. The zero-order chi connectivity index (χ0) is 33.9. The zero-order valence-corrected chi connectivity index (χ0v) is 25.3. The van der Waals surface area contributed by atoms with Gasteiger partial charge in [-0.15, -0.1) is 5.10 Å². The Morgan fingerprint density at radius 2 is 1.70 bits per heavy atom. The SMILES string of the molecule is NN/N=C(\N)c1cc(N)ccc1C(=O)NCCCCNC(=O)c1ccc2c(c1)CCN2Cc1cnc2nc(N)nc(N)c2n1.O=CO. The molecule has 0 aliphatic carbocycles. The first-order chi connectivity index (χ1) is 22.6. The first-order valence-corrected chi connectivity index (χ1v) is 14.4. The number of nitrogens with zero attached hydrogens (tertiary/aromatic N) is 6. The lowest BCUT2D eigenvalue weighted by molar-refractivity contribution is -0.122. The van der Waals surface area contributed by atoms with Gasteiger partial charge >= 0.3 is 0 Å². The Morgan fingerprint density at radius 1 is 0.979 bits per heavy atom. The third kappa shape index (κ3) is 8.45. The molecule has 2 aromatic heterocycles. The number of hydrazone groups is 1. The molecule has 1 aliphatic rings. The van der Waals surface area contributed by atoms with E-state index in [2.05, 4.69) is 46.1 Å². The summed E-state index contributed by atoms with van der Waals surface area (Å²) in [5.74, 6) is 5.01. The summed E-state index contributed by atoms with van der Waals surface area (Å²) < 4.78 is 0. The number of amides is 2. The monoisotopic (exact) mass is 644 g/mol. The van der Waals surface area contributed by atoms with Crippen molar-refractivity contribution < 1.29 is 19.5 Å². The lowest BCUT2D eigenvalue weighted by Crippen LogP contribution is -2.30. The van der Waals surface area contributed by atoms with Crippen LogP contribution in [-0.2, 0) is 17.8 Å². The van der Waals surface area contributed by atoms with Gasteiger partial charge in [-0.25, -0.2) is 21.3 Å². The highest BCUT2D eigenvalue weighted by Gasteiger charge is 2.22. The number of nitrogens with one attached hydrogen (secondary N) is 3. The van der Waals surface area contributed by atoms with Gasteiger partial charge in [0.1, 0.15) is 0 Å². The van der Waals surface area contributed by atoms with Crippen LogP contribution in [0.25, 0.3) is 11.2 Å². The van der Waals surface area contributed by atoms with Gasteiger partial charge in [-0.2, -0.15) is 9.97 Å². The van der Waals surface area contributed by atoms with E-state index in [-0.39, 0.29) is 35.9 Å². The van der Waals surface area contributed by atoms with Crippen LogP contribution in [0.15, 0.2) is 47.7 Å². The van der Waals surface area contributed by atoms with Crippen LogP contribution in [0.1, 0.15) is 50.4 Å². The molecule has 0 saturated carbocycles. The number of carboxylic acid groups (broad SMARTS) is 1. The number of nitrogens with two attached hydrogens (primary N) is 5. The first kappa shape index (κ1) is 33.6. The molecule has 1 aliphatic heterocycles. The number of carbonyl (C=O) groups excluding carboxylic acids is 2. The Hall–Kier alpha value is -6.30. The van der Waals surface area contributed by atoms with Gasteiger partial charge in [0.05, 0.1) is 24.0 Å². The second-order valence-corrected chi connectivity index (χ2v) is 10.3. The molecule has 5 rings (SSSR count). The predicted octanol–water partition coefficient (Wildman–Crippen LogP) is -0.546. The molecule has 14 N–H and O–H groups in total. The molecule has 0 bridgehead atoms. The van der Waals surface area contributed by atoms with Crippen molar-refractivity contribution in [3.8, 4) is 0 Å². The Balaban J connectivity index is 0.00000160. The molecule has 0 atom stereocenters. The van der Waals surface area contributed by atoms with Crippen molar-refractivity contribution in [1.82, 2.24) is 36.1 Å². The minimum absolute atomic E-state index is 0.0404. The van der Waals surface area contributed by atoms with Crippen molar-refractivity contribution in [3.05, 3.63) is 70.5 Å². The van der Waals surface area contributed by atoms with Gasteiger partial charge in [0.15, 0.2) is 22.8 Å². The third-order valence-electron chi connectivity index (χ3n) is 7.11. The van der Waals surface area contributed by atoms with Crippen LogP contribution in [0.5, 0.6) is 0 Å². The second kappa shape index (κ2) is 15.6. The number of carbonyl (C=O) groups is 3. The molecule has 18 heteroatoms. The molecule has 4 aromatic rings. The average Bonchev–Trinajstić information content (AvgIpc) is 3.44. The molecule has 2 aromatic carbocycles. The molecule has 3 heterocycles. The zero-order valence-electron chi connectivity index (χ0n) is 25.3. The Labute approximate surface area is 268 Å². The lowest BCUT2D eigenvalue weighted by Gasteiger charge is -2.19. The Morgan fingerprint density at radius 3 is 2.43 bits per heavy atom. The van der Waals surface area contributed by atoms with Gasteiger partial charge in [0, 0.05) is 42.1 Å². The fourth-order valence-electron chi connectivity index (χ4n) is 4.98. The van der Waals surface area contributed by atoms with Crippen molar-refractivity contribution in [1.29, 1.82) is 0 Å². The van der Waals surface area contributed by atoms with Gasteiger partial charge in [-0.05, 0) is 61.2 Å². The van der Waals surface area contributed by atoms with Crippen molar-refractivity contribution in [2.45, 2.75) is 25.8 Å². The van der Waals surface area contributed by atoms with E-state index in [1.807, 2.05) is 18.2 Å². The van der Waals surface area contributed by atoms with Gasteiger partial charge in [0.2, 0.25) is 5.95 Å². The van der Waals surface area contributed by atoms with E-state index in [9.17, 15) is 9.59 Å². The largest absolute Gasteiger partial charge is 0.483 e. The number of hydrogen-bond acceptors (Lipinski definition) is 14. The molecule has 0 saturated heterocycles. The van der Waals surface area contributed by atoms with Crippen molar-refractivity contribution in [2.24, 2.45) is 16.7 Å². The van der Waals surface area contributed by atoms with Gasteiger partial charge in [-0.1, -0.05) is 0 Å². The summed E-state index contributed by atoms with van der Waals surface area (Å²) in [6.07, 6.45) is 3.79. The van der Waals surface area contributed by atoms with Crippen LogP contribution in [0, 0.1) is 0 Å². The molecule has 0 radical (unpaired) electrons. The van der Waals surface area contributed by atoms with Crippen LogP contribution in [0.4, 0.5) is 23.1 Å². The van der Waals surface area contributed by atoms with E-state index in [0.717, 1.165) is 29.9 Å². The number of nitrogen functional groups attached to an aromatic ring is 3. The van der Waals surface area contributed by atoms with Gasteiger partial charge in [0.25, 0.3) is 18.3 Å². The number of unbranched alkanes of at least 4 members (excludes halogenated alkanes) is 1. The topological polar surface area (TPSA) is 305 Å². The fraction of sp³-hybridized carbons (Fsp3) is 0.241. The number of benzene rings is 2. The quantitative estimate of drug-likeness (QED) is 0.0188. The number of rotatable bonds is 11. The van der Waals surface area contributed by atoms with Gasteiger partial charge < -0.3 is 43.6 Å². The molecule has 0 spiro atoms. The highest BCUT2D eigenvalue weighted by molar-refractivity contribution is 6.09. The molecule has 18 nitrogen and oxygen atoms in total. The summed E-state index contributed by atoms with van der Waals surface area (Å²) in [5.41, 5.74) is 30.8. The maximum Gasteiger partial charge on any atom is 0.290 e. The minimum Gasteiger partial charge on any atom is -0.483 e. The Kier molecular flexibility index (Phi) is 11.2. The highest BCUT2D eigenvalue weighted by Crippen LogP contribution is 2.30. The van der Waals surface area contributed by atoms with E-state index in [0.29, 0.717) is 66.0 Å². The summed E-state index contributed by atoms with van der Waals surface area (Å²) in [5, 5.41) is 16.4. The number of aromatic nitrogens is 4. The second-order valence-electron chi connectivity index (χ2n) is 10.3. The molecule has 47 heavy (non-hydrogen) atoms. The molecule has 2 amide bonds. The van der Waals surface area contributed by atoms with E-state index in [4.69, 9.17) is 38.7 Å². The van der Waals surface area contributed by atoms with Crippen molar-refractivity contribution in [2.75, 3.05) is 41.7 Å². The average molecular weight is 645 g/mol. The highest BCUT2D eigenvalue weighted by atomic mass is 16.3. The fourth-order valence-corrected chi connectivity index (χ4v) is 4.98. The summed E-state index contributed by atoms with van der Waals surface area (Å²) >= 11 is 0. The van der Waals surface area contributed by atoms with Crippen molar-refractivity contribution >= 4 is 58.4 Å². The Bertz CT molecular complexity index is 1800. The van der Waals surface area contributed by atoms with E-state index < -0.39 is 0 Å². The summed E-state index contributed by atoms with van der Waals surface area (Å²) in [6.45, 7) is 1.93. The number of fused-ring (bicyclic) bond motifs is 2. The van der Waals surface area contributed by atoms with E-state index >= 15 is 0 Å². The van der Waals surface area contributed by atoms with E-state index in [1.165, 1.54) is 0 Å². The maximum absolute atomic E-state index is 12.8. The predicted molar refractivity (Wildman–Crippen MR) is 177 cm³/mol. The molecule has 0 unspecified atom stereocenters. The number of hydrazine groups is 1. The van der Waals surface area contributed by atoms with Gasteiger partial charge in [-0.3, -0.25) is 14.4 Å². The van der Waals surface area contributed by atoms with Crippen LogP contribution >= 0.6 is 0 Å².